The molecular formula is C10H12BrN5O2S. The van der Waals surface area contributed by atoms with Gasteiger partial charge in [0, 0.05) is 18.9 Å². The molecule has 0 radical (unpaired) electrons. The van der Waals surface area contributed by atoms with Crippen LogP contribution in [0.15, 0.2) is 27.8 Å². The van der Waals surface area contributed by atoms with Gasteiger partial charge in [-0.05, 0) is 28.9 Å². The normalized spacial score (nSPS) is 11.5. The van der Waals surface area contributed by atoms with E-state index in [-0.39, 0.29) is 11.4 Å². The molecule has 2 heterocycles. The van der Waals surface area contributed by atoms with Gasteiger partial charge >= 0.3 is 0 Å². The Bertz CT molecular complexity index is 698. The summed E-state index contributed by atoms with van der Waals surface area (Å²) >= 11 is 3.23. The predicted octanol–water partition coefficient (Wildman–Crippen LogP) is 1.14. The van der Waals surface area contributed by atoms with Crippen LogP contribution in [0.3, 0.4) is 0 Å². The summed E-state index contributed by atoms with van der Waals surface area (Å²) in [5.74, 6) is 0. The zero-order valence-electron chi connectivity index (χ0n) is 10.0. The third-order valence-corrected chi connectivity index (χ3v) is 4.64. The average Bonchev–Trinajstić information content (AvgIpc) is 2.74. The third kappa shape index (κ3) is 2.77. The number of nitrogens with two attached hydrogens (primary N) is 1. The number of nitrogens with zero attached hydrogens (tertiary/aromatic N) is 2. The van der Waals surface area contributed by atoms with Crippen molar-refractivity contribution in [3.63, 3.8) is 0 Å². The second kappa shape index (κ2) is 5.27. The molecule has 0 spiro atoms. The molecule has 19 heavy (non-hydrogen) atoms. The molecular weight excluding hydrogens is 334 g/mol. The van der Waals surface area contributed by atoms with E-state index in [2.05, 4.69) is 35.8 Å². The van der Waals surface area contributed by atoms with E-state index in [4.69, 9.17) is 5.73 Å². The standard InChI is InChI=1S/C10H12BrN5O2S/c1-6-10(9(4-12)15-14-6)19(17,18)16-8-2-3-13-5-7(8)11/h2-3,5H,4,12H2,1H3,(H,13,16)(H,14,15). The van der Waals surface area contributed by atoms with Gasteiger partial charge in [-0.25, -0.2) is 8.42 Å². The lowest BCUT2D eigenvalue weighted by molar-refractivity contribution is 0.599. The topological polar surface area (TPSA) is 114 Å². The molecule has 0 atom stereocenters. The summed E-state index contributed by atoms with van der Waals surface area (Å²) in [5.41, 5.74) is 6.64. The summed E-state index contributed by atoms with van der Waals surface area (Å²) in [4.78, 5) is 3.95. The van der Waals surface area contributed by atoms with Gasteiger partial charge in [-0.2, -0.15) is 5.10 Å². The smallest absolute Gasteiger partial charge is 0.265 e. The van der Waals surface area contributed by atoms with Gasteiger partial charge in [-0.1, -0.05) is 0 Å². The zero-order valence-corrected chi connectivity index (χ0v) is 12.4. The molecule has 102 valence electrons. The molecule has 2 rings (SSSR count). The second-order valence-corrected chi connectivity index (χ2v) is 6.26. The number of aromatic amines is 1. The van der Waals surface area contributed by atoms with Crippen molar-refractivity contribution in [2.24, 2.45) is 5.73 Å². The summed E-state index contributed by atoms with van der Waals surface area (Å²) in [6.07, 6.45) is 3.00. The first-order chi connectivity index (χ1) is 8.95. The highest BCUT2D eigenvalue weighted by Gasteiger charge is 2.24. The van der Waals surface area contributed by atoms with Crippen LogP contribution in [0.4, 0.5) is 5.69 Å². The summed E-state index contributed by atoms with van der Waals surface area (Å²) in [6, 6.07) is 1.55. The maximum atomic E-state index is 12.3. The highest BCUT2D eigenvalue weighted by Crippen LogP contribution is 2.25. The van der Waals surface area contributed by atoms with Gasteiger partial charge in [0.05, 0.1) is 21.5 Å². The van der Waals surface area contributed by atoms with Gasteiger partial charge in [0.2, 0.25) is 0 Å². The van der Waals surface area contributed by atoms with Crippen LogP contribution in [0.1, 0.15) is 11.4 Å². The van der Waals surface area contributed by atoms with Crippen molar-refractivity contribution >= 4 is 31.6 Å². The number of H-pyrrole nitrogens is 1. The second-order valence-electron chi connectivity index (χ2n) is 3.79. The molecule has 7 nitrogen and oxygen atoms in total. The van der Waals surface area contributed by atoms with Crippen LogP contribution in [0.25, 0.3) is 0 Å². The number of halogens is 1. The number of sulfonamides is 1. The van der Waals surface area contributed by atoms with Crippen molar-refractivity contribution in [3.8, 4) is 0 Å². The minimum absolute atomic E-state index is 0.0398. The number of pyridine rings is 1. The van der Waals surface area contributed by atoms with Crippen LogP contribution < -0.4 is 10.5 Å². The minimum atomic E-state index is -3.75. The molecule has 0 aliphatic carbocycles. The molecule has 0 saturated heterocycles. The fraction of sp³-hybridized carbons (Fsp3) is 0.200. The zero-order chi connectivity index (χ0) is 14.0. The molecule has 0 saturated carbocycles. The Kier molecular flexibility index (Phi) is 3.88. The number of aryl methyl sites for hydroxylation is 1. The van der Waals surface area contributed by atoms with Gasteiger partial charge in [0.25, 0.3) is 10.0 Å². The van der Waals surface area contributed by atoms with Gasteiger partial charge in [-0.3, -0.25) is 14.8 Å². The third-order valence-electron chi connectivity index (χ3n) is 2.44. The first-order valence-electron chi connectivity index (χ1n) is 5.32. The number of hydrogen-bond donors (Lipinski definition) is 3. The lowest BCUT2D eigenvalue weighted by atomic mass is 10.4. The van der Waals surface area contributed by atoms with Crippen LogP contribution in [0, 0.1) is 6.92 Å². The van der Waals surface area contributed by atoms with Gasteiger partial charge < -0.3 is 5.73 Å². The largest absolute Gasteiger partial charge is 0.325 e. The first kappa shape index (κ1) is 14.0. The molecule has 9 heteroatoms. The Morgan fingerprint density at radius 3 is 2.89 bits per heavy atom. The van der Waals surface area contributed by atoms with E-state index in [1.807, 2.05) is 0 Å². The Labute approximate surface area is 118 Å². The van der Waals surface area contributed by atoms with E-state index in [9.17, 15) is 8.42 Å². The Morgan fingerprint density at radius 2 is 2.26 bits per heavy atom. The number of hydrogen-bond acceptors (Lipinski definition) is 5. The highest BCUT2D eigenvalue weighted by atomic mass is 79.9. The quantitative estimate of drug-likeness (QED) is 0.768. The van der Waals surface area contributed by atoms with Crippen LogP contribution in [-0.4, -0.2) is 23.6 Å². The van der Waals surface area contributed by atoms with E-state index < -0.39 is 10.0 Å². The fourth-order valence-electron chi connectivity index (χ4n) is 1.62. The first-order valence-corrected chi connectivity index (χ1v) is 7.59. The molecule has 2 aromatic heterocycles. The van der Waals surface area contributed by atoms with Crippen LogP contribution in [-0.2, 0) is 16.6 Å². The summed E-state index contributed by atoms with van der Waals surface area (Å²) in [6.45, 7) is 1.67. The van der Waals surface area contributed by atoms with Crippen molar-refractivity contribution in [1.29, 1.82) is 0 Å². The van der Waals surface area contributed by atoms with Gasteiger partial charge in [0.15, 0.2) is 0 Å². The van der Waals surface area contributed by atoms with Crippen molar-refractivity contribution in [2.45, 2.75) is 18.4 Å². The molecule has 4 N–H and O–H groups in total. The van der Waals surface area contributed by atoms with Crippen molar-refractivity contribution in [2.75, 3.05) is 4.72 Å². The van der Waals surface area contributed by atoms with E-state index in [1.54, 1.807) is 13.0 Å². The minimum Gasteiger partial charge on any atom is -0.325 e. The molecule has 0 aliphatic rings. The maximum absolute atomic E-state index is 12.3. The van der Waals surface area contributed by atoms with Crippen LogP contribution >= 0.6 is 15.9 Å². The lowest BCUT2D eigenvalue weighted by Gasteiger charge is -2.09. The monoisotopic (exact) mass is 345 g/mol. The molecule has 0 amide bonds. The molecule has 0 fully saturated rings. The summed E-state index contributed by atoms with van der Waals surface area (Å²) < 4.78 is 27.7. The number of rotatable bonds is 4. The van der Waals surface area contributed by atoms with Gasteiger partial charge in [0.1, 0.15) is 4.90 Å². The van der Waals surface area contributed by atoms with E-state index in [1.165, 1.54) is 12.4 Å². The van der Waals surface area contributed by atoms with Crippen molar-refractivity contribution < 1.29 is 8.42 Å². The average molecular weight is 346 g/mol. The highest BCUT2D eigenvalue weighted by molar-refractivity contribution is 9.10. The number of aromatic nitrogens is 3. The van der Waals surface area contributed by atoms with Crippen LogP contribution in [0.5, 0.6) is 0 Å². The van der Waals surface area contributed by atoms with Gasteiger partial charge in [-0.15, -0.1) is 0 Å². The van der Waals surface area contributed by atoms with Crippen molar-refractivity contribution in [3.05, 3.63) is 34.3 Å². The van der Waals surface area contributed by atoms with Crippen molar-refractivity contribution in [1.82, 2.24) is 15.2 Å². The van der Waals surface area contributed by atoms with Crippen LogP contribution in [0.2, 0.25) is 0 Å². The number of anilines is 1. The molecule has 0 unspecified atom stereocenters. The molecule has 2 aromatic rings. The molecule has 0 aromatic carbocycles. The SMILES string of the molecule is Cc1[nH]nc(CN)c1S(=O)(=O)Nc1ccncc1Br. The Morgan fingerprint density at radius 1 is 1.53 bits per heavy atom. The van der Waals surface area contributed by atoms with E-state index in [0.717, 1.165) is 0 Å². The van der Waals surface area contributed by atoms with E-state index >= 15 is 0 Å². The maximum Gasteiger partial charge on any atom is 0.265 e. The lowest BCUT2D eigenvalue weighted by Crippen LogP contribution is -2.16. The molecule has 0 aliphatic heterocycles. The van der Waals surface area contributed by atoms with E-state index in [0.29, 0.717) is 21.5 Å². The Hall–Kier alpha value is -1.45. The predicted molar refractivity (Wildman–Crippen MR) is 74.0 cm³/mol. The number of nitrogens with one attached hydrogen (secondary N) is 2. The summed E-state index contributed by atoms with van der Waals surface area (Å²) in [7, 11) is -3.75. The Balaban J connectivity index is 2.44. The summed E-state index contributed by atoms with van der Waals surface area (Å²) in [5, 5.41) is 6.49. The molecule has 0 bridgehead atoms. The fourth-order valence-corrected chi connectivity index (χ4v) is 3.56.